The van der Waals surface area contributed by atoms with Gasteiger partial charge >= 0.3 is 5.97 Å². The van der Waals surface area contributed by atoms with Gasteiger partial charge in [0.2, 0.25) is 0 Å². The molecule has 0 unspecified atom stereocenters. The standard InChI is InChI=1S/C13H19N5O2/c1-10-8-11-13(14-4-5-18(11)15-10)17(9-12(19)20)7-6-16(2)3/h4-5,8H,6-7,9H2,1-3H3,(H,19,20). The van der Waals surface area contributed by atoms with E-state index in [1.165, 1.54) is 0 Å². The van der Waals surface area contributed by atoms with Crippen LogP contribution in [-0.4, -0.2) is 64.3 Å². The summed E-state index contributed by atoms with van der Waals surface area (Å²) in [6.07, 6.45) is 3.40. The molecule has 108 valence electrons. The second-order valence-electron chi connectivity index (χ2n) is 4.98. The predicted molar refractivity (Wildman–Crippen MR) is 76.1 cm³/mol. The molecule has 2 aromatic heterocycles. The normalized spacial score (nSPS) is 11.2. The Labute approximate surface area is 117 Å². The first-order chi connectivity index (χ1) is 9.47. The zero-order valence-electron chi connectivity index (χ0n) is 11.9. The molecule has 0 bridgehead atoms. The van der Waals surface area contributed by atoms with Gasteiger partial charge in [-0.25, -0.2) is 9.50 Å². The fourth-order valence-corrected chi connectivity index (χ4v) is 2.02. The van der Waals surface area contributed by atoms with Gasteiger partial charge < -0.3 is 14.9 Å². The summed E-state index contributed by atoms with van der Waals surface area (Å²) < 4.78 is 1.72. The van der Waals surface area contributed by atoms with E-state index in [0.717, 1.165) is 17.8 Å². The van der Waals surface area contributed by atoms with Crippen molar-refractivity contribution < 1.29 is 9.90 Å². The number of nitrogens with zero attached hydrogens (tertiary/aromatic N) is 5. The van der Waals surface area contributed by atoms with Gasteiger partial charge in [-0.15, -0.1) is 0 Å². The van der Waals surface area contributed by atoms with Gasteiger partial charge in [-0.1, -0.05) is 0 Å². The number of carboxylic acids is 1. The van der Waals surface area contributed by atoms with Crippen molar-refractivity contribution in [3.63, 3.8) is 0 Å². The number of hydrogen-bond donors (Lipinski definition) is 1. The van der Waals surface area contributed by atoms with E-state index in [9.17, 15) is 4.79 Å². The third-order valence-corrected chi connectivity index (χ3v) is 2.93. The van der Waals surface area contributed by atoms with Crippen LogP contribution >= 0.6 is 0 Å². The van der Waals surface area contributed by atoms with Crippen LogP contribution in [0.25, 0.3) is 5.52 Å². The van der Waals surface area contributed by atoms with Gasteiger partial charge in [0.15, 0.2) is 5.82 Å². The van der Waals surface area contributed by atoms with Crippen LogP contribution in [0.1, 0.15) is 5.69 Å². The maximum absolute atomic E-state index is 11.1. The number of aromatic nitrogens is 3. The predicted octanol–water partition coefficient (Wildman–Crippen LogP) is 0.490. The van der Waals surface area contributed by atoms with Crippen molar-refractivity contribution in [3.05, 3.63) is 24.2 Å². The van der Waals surface area contributed by atoms with E-state index in [-0.39, 0.29) is 6.54 Å². The van der Waals surface area contributed by atoms with Crippen LogP contribution in [0.5, 0.6) is 0 Å². The fourth-order valence-electron chi connectivity index (χ4n) is 2.02. The van der Waals surface area contributed by atoms with Crippen LogP contribution in [0.15, 0.2) is 18.5 Å². The lowest BCUT2D eigenvalue weighted by Gasteiger charge is -2.24. The molecule has 0 aliphatic rings. The quantitative estimate of drug-likeness (QED) is 0.828. The summed E-state index contributed by atoms with van der Waals surface area (Å²) in [6.45, 7) is 3.17. The Hall–Kier alpha value is -2.15. The zero-order valence-corrected chi connectivity index (χ0v) is 11.9. The van der Waals surface area contributed by atoms with E-state index in [0.29, 0.717) is 12.4 Å². The van der Waals surface area contributed by atoms with Crippen LogP contribution in [0.4, 0.5) is 5.82 Å². The smallest absolute Gasteiger partial charge is 0.323 e. The summed E-state index contributed by atoms with van der Waals surface area (Å²) in [4.78, 5) is 19.2. The molecule has 0 amide bonds. The van der Waals surface area contributed by atoms with E-state index >= 15 is 0 Å². The van der Waals surface area contributed by atoms with Gasteiger partial charge in [0, 0.05) is 25.5 Å². The first-order valence-electron chi connectivity index (χ1n) is 6.40. The number of carboxylic acid groups (broad SMARTS) is 1. The molecule has 0 aliphatic heterocycles. The Bertz CT molecular complexity index is 608. The number of rotatable bonds is 6. The molecule has 0 saturated heterocycles. The summed E-state index contributed by atoms with van der Waals surface area (Å²) in [6, 6.07) is 1.91. The lowest BCUT2D eigenvalue weighted by Crippen LogP contribution is -2.36. The van der Waals surface area contributed by atoms with E-state index in [1.54, 1.807) is 21.8 Å². The van der Waals surface area contributed by atoms with Crippen LogP contribution < -0.4 is 4.90 Å². The molecule has 2 heterocycles. The van der Waals surface area contributed by atoms with Crippen molar-refractivity contribution in [3.8, 4) is 0 Å². The maximum atomic E-state index is 11.1. The number of anilines is 1. The highest BCUT2D eigenvalue weighted by Gasteiger charge is 2.16. The molecule has 2 aromatic rings. The van der Waals surface area contributed by atoms with Crippen molar-refractivity contribution in [1.82, 2.24) is 19.5 Å². The maximum Gasteiger partial charge on any atom is 0.323 e. The molecule has 0 spiro atoms. The lowest BCUT2D eigenvalue weighted by molar-refractivity contribution is -0.135. The molecule has 7 heteroatoms. The SMILES string of the molecule is Cc1cc2c(N(CCN(C)C)CC(=O)O)nccn2n1. The van der Waals surface area contributed by atoms with Crippen molar-refractivity contribution in [1.29, 1.82) is 0 Å². The van der Waals surface area contributed by atoms with E-state index in [2.05, 4.69) is 10.1 Å². The summed E-state index contributed by atoms with van der Waals surface area (Å²) in [5.41, 5.74) is 1.70. The third kappa shape index (κ3) is 3.24. The summed E-state index contributed by atoms with van der Waals surface area (Å²) in [7, 11) is 3.91. The van der Waals surface area contributed by atoms with Gasteiger partial charge in [-0.3, -0.25) is 4.79 Å². The molecule has 0 saturated carbocycles. The van der Waals surface area contributed by atoms with Gasteiger partial charge in [0.1, 0.15) is 12.1 Å². The summed E-state index contributed by atoms with van der Waals surface area (Å²) in [5, 5.41) is 13.4. The molecular formula is C13H19N5O2. The Morgan fingerprint density at radius 3 is 2.80 bits per heavy atom. The molecule has 20 heavy (non-hydrogen) atoms. The van der Waals surface area contributed by atoms with Gasteiger partial charge in [0.25, 0.3) is 0 Å². The zero-order chi connectivity index (χ0) is 14.7. The van der Waals surface area contributed by atoms with Crippen LogP contribution in [0.2, 0.25) is 0 Å². The van der Waals surface area contributed by atoms with Crippen LogP contribution in [0, 0.1) is 6.92 Å². The number of carbonyl (C=O) groups is 1. The van der Waals surface area contributed by atoms with Gasteiger partial charge in [-0.2, -0.15) is 5.10 Å². The number of fused-ring (bicyclic) bond motifs is 1. The first kappa shape index (κ1) is 14.3. The van der Waals surface area contributed by atoms with Crippen molar-refractivity contribution in [2.24, 2.45) is 0 Å². The second kappa shape index (κ2) is 5.87. The molecular weight excluding hydrogens is 258 g/mol. The molecule has 0 aromatic carbocycles. The highest BCUT2D eigenvalue weighted by Crippen LogP contribution is 2.19. The van der Waals surface area contributed by atoms with E-state index in [4.69, 9.17) is 5.11 Å². The number of aryl methyl sites for hydroxylation is 1. The second-order valence-corrected chi connectivity index (χ2v) is 4.98. The molecule has 0 radical (unpaired) electrons. The average molecular weight is 277 g/mol. The first-order valence-corrected chi connectivity index (χ1v) is 6.40. The van der Waals surface area contributed by atoms with E-state index in [1.807, 2.05) is 32.0 Å². The summed E-state index contributed by atoms with van der Waals surface area (Å²) >= 11 is 0. The number of aliphatic carboxylic acids is 1. The Kier molecular flexibility index (Phi) is 4.19. The third-order valence-electron chi connectivity index (χ3n) is 2.93. The molecule has 1 N–H and O–H groups in total. The highest BCUT2D eigenvalue weighted by atomic mass is 16.4. The molecule has 0 fully saturated rings. The van der Waals surface area contributed by atoms with Crippen molar-refractivity contribution in [2.45, 2.75) is 6.92 Å². The van der Waals surface area contributed by atoms with Crippen molar-refractivity contribution in [2.75, 3.05) is 38.6 Å². The van der Waals surface area contributed by atoms with Gasteiger partial charge in [0.05, 0.1) is 5.69 Å². The van der Waals surface area contributed by atoms with Crippen molar-refractivity contribution >= 4 is 17.3 Å². The van der Waals surface area contributed by atoms with E-state index < -0.39 is 5.97 Å². The monoisotopic (exact) mass is 277 g/mol. The minimum Gasteiger partial charge on any atom is -0.480 e. The van der Waals surface area contributed by atoms with Gasteiger partial charge in [-0.05, 0) is 27.1 Å². The molecule has 0 atom stereocenters. The number of likely N-dealkylation sites (N-methyl/N-ethyl adjacent to an activating group) is 1. The average Bonchev–Trinajstić information content (AvgIpc) is 2.73. The summed E-state index contributed by atoms with van der Waals surface area (Å²) in [5.74, 6) is -0.221. The molecule has 0 aliphatic carbocycles. The number of hydrogen-bond acceptors (Lipinski definition) is 5. The molecule has 7 nitrogen and oxygen atoms in total. The minimum atomic E-state index is -0.871. The topological polar surface area (TPSA) is 74.0 Å². The lowest BCUT2D eigenvalue weighted by atomic mass is 10.3. The highest BCUT2D eigenvalue weighted by molar-refractivity contribution is 5.77. The molecule has 2 rings (SSSR count). The van der Waals surface area contributed by atoms with Crippen LogP contribution in [0.3, 0.4) is 0 Å². The van der Waals surface area contributed by atoms with Crippen LogP contribution in [-0.2, 0) is 4.79 Å². The minimum absolute atomic E-state index is 0.0786. The Morgan fingerprint density at radius 2 is 2.15 bits per heavy atom. The Morgan fingerprint density at radius 1 is 1.40 bits per heavy atom. The largest absolute Gasteiger partial charge is 0.480 e. The Balaban J connectivity index is 2.36. The fraction of sp³-hybridized carbons (Fsp3) is 0.462.